The molecule has 0 saturated carbocycles. The zero-order valence-corrected chi connectivity index (χ0v) is 16.1. The number of hydrogen-bond donors (Lipinski definition) is 1. The smallest absolute Gasteiger partial charge is 0.224 e. The molecule has 1 aromatic carbocycles. The Hall–Kier alpha value is -1.43. The lowest BCUT2D eigenvalue weighted by molar-refractivity contribution is -0.126. The summed E-state index contributed by atoms with van der Waals surface area (Å²) in [4.78, 5) is 17.4. The standard InChI is InChI=1S/C21H33N3O2/c1-18-5-7-19(8-6-18)16-24-10-2-4-20(17-24)21(25)22-9-3-11-23-12-14-26-15-13-23/h5-8,20H,2-4,9-17H2,1H3,(H,22,25). The Kier molecular flexibility index (Phi) is 7.47. The molecule has 1 aromatic rings. The average molecular weight is 360 g/mol. The van der Waals surface area contributed by atoms with Crippen LogP contribution in [-0.4, -0.2) is 68.2 Å². The number of benzene rings is 1. The third-order valence-corrected chi connectivity index (χ3v) is 5.46. The van der Waals surface area contributed by atoms with Crippen LogP contribution in [0.1, 0.15) is 30.4 Å². The zero-order chi connectivity index (χ0) is 18.2. The van der Waals surface area contributed by atoms with Crippen LogP contribution in [0, 0.1) is 12.8 Å². The van der Waals surface area contributed by atoms with Gasteiger partial charge in [0.15, 0.2) is 0 Å². The Morgan fingerprint density at radius 2 is 1.92 bits per heavy atom. The fraction of sp³-hybridized carbons (Fsp3) is 0.667. The minimum absolute atomic E-state index is 0.137. The number of rotatable bonds is 7. The van der Waals surface area contributed by atoms with Crippen LogP contribution in [-0.2, 0) is 16.1 Å². The molecule has 0 radical (unpaired) electrons. The second kappa shape index (κ2) is 10.0. The summed E-state index contributed by atoms with van der Waals surface area (Å²) in [5.41, 5.74) is 2.63. The summed E-state index contributed by atoms with van der Waals surface area (Å²) in [7, 11) is 0. The summed E-state index contributed by atoms with van der Waals surface area (Å²) in [5.74, 6) is 0.373. The lowest BCUT2D eigenvalue weighted by atomic mass is 9.96. The molecule has 26 heavy (non-hydrogen) atoms. The van der Waals surface area contributed by atoms with Crippen LogP contribution in [0.15, 0.2) is 24.3 Å². The van der Waals surface area contributed by atoms with Crippen LogP contribution in [0.3, 0.4) is 0 Å². The number of nitrogens with zero attached hydrogens (tertiary/aromatic N) is 2. The van der Waals surface area contributed by atoms with Gasteiger partial charge in [-0.1, -0.05) is 29.8 Å². The second-order valence-electron chi connectivity index (χ2n) is 7.66. The molecule has 5 nitrogen and oxygen atoms in total. The maximum absolute atomic E-state index is 12.5. The SMILES string of the molecule is Cc1ccc(CN2CCCC(C(=O)NCCCN3CCOCC3)C2)cc1. The van der Waals surface area contributed by atoms with E-state index in [-0.39, 0.29) is 11.8 Å². The lowest BCUT2D eigenvalue weighted by Gasteiger charge is -2.32. The van der Waals surface area contributed by atoms with E-state index in [0.717, 1.165) is 78.3 Å². The van der Waals surface area contributed by atoms with Crippen molar-refractivity contribution in [3.8, 4) is 0 Å². The molecule has 2 saturated heterocycles. The first-order valence-electron chi connectivity index (χ1n) is 10.1. The molecule has 2 aliphatic heterocycles. The minimum Gasteiger partial charge on any atom is -0.379 e. The molecule has 1 N–H and O–H groups in total. The Balaban J connectivity index is 1.36. The van der Waals surface area contributed by atoms with E-state index >= 15 is 0 Å². The molecule has 0 spiro atoms. The number of amides is 1. The molecule has 0 aromatic heterocycles. The monoisotopic (exact) mass is 359 g/mol. The number of carbonyl (C=O) groups excluding carboxylic acids is 1. The Bertz CT molecular complexity index is 555. The summed E-state index contributed by atoms with van der Waals surface area (Å²) >= 11 is 0. The van der Waals surface area contributed by atoms with Gasteiger partial charge in [0.05, 0.1) is 19.1 Å². The van der Waals surface area contributed by atoms with Gasteiger partial charge >= 0.3 is 0 Å². The molecule has 2 fully saturated rings. The van der Waals surface area contributed by atoms with Crippen LogP contribution in [0.4, 0.5) is 0 Å². The Morgan fingerprint density at radius 3 is 2.69 bits per heavy atom. The van der Waals surface area contributed by atoms with E-state index in [1.165, 1.54) is 11.1 Å². The molecule has 1 unspecified atom stereocenters. The normalized spacial score (nSPS) is 22.3. The van der Waals surface area contributed by atoms with E-state index in [0.29, 0.717) is 0 Å². The number of morpholine rings is 1. The highest BCUT2D eigenvalue weighted by Crippen LogP contribution is 2.19. The first kappa shape index (κ1) is 19.3. The quantitative estimate of drug-likeness (QED) is 0.757. The molecule has 2 aliphatic rings. The van der Waals surface area contributed by atoms with Gasteiger partial charge in [-0.05, 0) is 44.8 Å². The van der Waals surface area contributed by atoms with Crippen LogP contribution in [0.25, 0.3) is 0 Å². The van der Waals surface area contributed by atoms with E-state index in [1.807, 2.05) is 0 Å². The van der Waals surface area contributed by atoms with E-state index in [9.17, 15) is 4.79 Å². The van der Waals surface area contributed by atoms with Crippen molar-refractivity contribution in [3.05, 3.63) is 35.4 Å². The molecular weight excluding hydrogens is 326 g/mol. The maximum atomic E-state index is 12.5. The molecule has 1 amide bonds. The molecule has 1 atom stereocenters. The molecule has 0 bridgehead atoms. The first-order chi connectivity index (χ1) is 12.7. The molecular formula is C21H33N3O2. The van der Waals surface area contributed by atoms with Gasteiger partial charge in [-0.2, -0.15) is 0 Å². The zero-order valence-electron chi connectivity index (χ0n) is 16.1. The van der Waals surface area contributed by atoms with Crippen molar-refractivity contribution in [1.29, 1.82) is 0 Å². The highest BCUT2D eigenvalue weighted by atomic mass is 16.5. The number of nitrogens with one attached hydrogen (secondary N) is 1. The van der Waals surface area contributed by atoms with Crippen molar-refractivity contribution in [2.75, 3.05) is 52.5 Å². The van der Waals surface area contributed by atoms with E-state index in [1.54, 1.807) is 0 Å². The van der Waals surface area contributed by atoms with Gasteiger partial charge in [-0.15, -0.1) is 0 Å². The predicted molar refractivity (Wildman–Crippen MR) is 104 cm³/mol. The molecule has 0 aliphatic carbocycles. The van der Waals surface area contributed by atoms with Crippen molar-refractivity contribution >= 4 is 5.91 Å². The van der Waals surface area contributed by atoms with Gasteiger partial charge in [-0.3, -0.25) is 14.6 Å². The van der Waals surface area contributed by atoms with Gasteiger partial charge in [0.1, 0.15) is 0 Å². The van der Waals surface area contributed by atoms with Crippen molar-refractivity contribution < 1.29 is 9.53 Å². The molecule has 2 heterocycles. The number of aryl methyl sites for hydroxylation is 1. The topological polar surface area (TPSA) is 44.8 Å². The van der Waals surface area contributed by atoms with E-state index in [4.69, 9.17) is 4.74 Å². The molecule has 144 valence electrons. The first-order valence-corrected chi connectivity index (χ1v) is 10.1. The summed E-state index contributed by atoms with van der Waals surface area (Å²) < 4.78 is 5.37. The summed E-state index contributed by atoms with van der Waals surface area (Å²) in [5, 5.41) is 3.16. The summed E-state index contributed by atoms with van der Waals surface area (Å²) in [6.45, 7) is 10.6. The van der Waals surface area contributed by atoms with Gasteiger partial charge in [0.25, 0.3) is 0 Å². The van der Waals surface area contributed by atoms with Crippen LogP contribution in [0.2, 0.25) is 0 Å². The Labute approximate surface area is 157 Å². The van der Waals surface area contributed by atoms with Crippen molar-refractivity contribution in [3.63, 3.8) is 0 Å². The summed E-state index contributed by atoms with van der Waals surface area (Å²) in [6.07, 6.45) is 3.14. The largest absolute Gasteiger partial charge is 0.379 e. The maximum Gasteiger partial charge on any atom is 0.224 e. The van der Waals surface area contributed by atoms with Crippen molar-refractivity contribution in [2.45, 2.75) is 32.7 Å². The average Bonchev–Trinajstić information content (AvgIpc) is 2.68. The lowest BCUT2D eigenvalue weighted by Crippen LogP contribution is -2.43. The van der Waals surface area contributed by atoms with Gasteiger partial charge < -0.3 is 10.1 Å². The van der Waals surface area contributed by atoms with Crippen LogP contribution in [0.5, 0.6) is 0 Å². The van der Waals surface area contributed by atoms with Crippen LogP contribution >= 0.6 is 0 Å². The fourth-order valence-electron chi connectivity index (χ4n) is 3.85. The highest BCUT2D eigenvalue weighted by molar-refractivity contribution is 5.78. The van der Waals surface area contributed by atoms with Crippen molar-refractivity contribution in [2.24, 2.45) is 5.92 Å². The minimum atomic E-state index is 0.137. The molecule has 5 heteroatoms. The second-order valence-corrected chi connectivity index (χ2v) is 7.66. The fourth-order valence-corrected chi connectivity index (χ4v) is 3.85. The predicted octanol–water partition coefficient (Wildman–Crippen LogP) is 2.05. The van der Waals surface area contributed by atoms with Gasteiger partial charge in [-0.25, -0.2) is 0 Å². The van der Waals surface area contributed by atoms with Gasteiger partial charge in [0, 0.05) is 32.7 Å². The number of ether oxygens (including phenoxy) is 1. The van der Waals surface area contributed by atoms with E-state index in [2.05, 4.69) is 46.3 Å². The number of hydrogen-bond acceptors (Lipinski definition) is 4. The Morgan fingerprint density at radius 1 is 1.15 bits per heavy atom. The third-order valence-electron chi connectivity index (χ3n) is 5.46. The number of carbonyl (C=O) groups is 1. The highest BCUT2D eigenvalue weighted by Gasteiger charge is 2.25. The van der Waals surface area contributed by atoms with E-state index < -0.39 is 0 Å². The number of piperidine rings is 1. The van der Waals surface area contributed by atoms with Crippen LogP contribution < -0.4 is 5.32 Å². The van der Waals surface area contributed by atoms with Gasteiger partial charge in [0.2, 0.25) is 5.91 Å². The van der Waals surface area contributed by atoms with Crippen molar-refractivity contribution in [1.82, 2.24) is 15.1 Å². The molecule has 3 rings (SSSR count). The summed E-state index contributed by atoms with van der Waals surface area (Å²) in [6, 6.07) is 8.73. The third kappa shape index (κ3) is 6.08. The number of likely N-dealkylation sites (tertiary alicyclic amines) is 1.